The quantitative estimate of drug-likeness (QED) is 0.543. The van der Waals surface area contributed by atoms with Gasteiger partial charge in [-0.2, -0.15) is 0 Å². The van der Waals surface area contributed by atoms with Crippen molar-refractivity contribution in [2.75, 3.05) is 0 Å². The van der Waals surface area contributed by atoms with Gasteiger partial charge in [-0.3, -0.25) is 9.59 Å². The Morgan fingerprint density at radius 1 is 1.31 bits per heavy atom. The first-order valence-corrected chi connectivity index (χ1v) is 8.49. The predicted octanol–water partition coefficient (Wildman–Crippen LogP) is 3.07. The molecule has 0 saturated heterocycles. The summed E-state index contributed by atoms with van der Waals surface area (Å²) in [6.45, 7) is 0. The summed E-state index contributed by atoms with van der Waals surface area (Å²) < 4.78 is 15.6. The first-order chi connectivity index (χ1) is 12.4. The number of thiophene rings is 1. The van der Waals surface area contributed by atoms with Crippen LogP contribution in [0.25, 0.3) is 21.7 Å². The predicted molar refractivity (Wildman–Crippen MR) is 96.1 cm³/mol. The number of nitrogens with zero attached hydrogens (tertiary/aromatic N) is 2. The van der Waals surface area contributed by atoms with Crippen molar-refractivity contribution in [1.82, 2.24) is 14.5 Å². The van der Waals surface area contributed by atoms with E-state index in [1.807, 2.05) is 0 Å². The van der Waals surface area contributed by atoms with E-state index in [9.17, 15) is 19.1 Å². The van der Waals surface area contributed by atoms with Gasteiger partial charge in [-0.05, 0) is 35.7 Å². The molecule has 3 aromatic heterocycles. The Morgan fingerprint density at radius 2 is 2.12 bits per heavy atom. The number of phenolic OH excluding ortho intramolecular Hbond substituents is 1. The lowest BCUT2D eigenvalue weighted by Crippen LogP contribution is -2.08. The lowest BCUT2D eigenvalue weighted by Gasteiger charge is -2.02. The highest BCUT2D eigenvalue weighted by atomic mass is 32.1. The van der Waals surface area contributed by atoms with Gasteiger partial charge in [0.1, 0.15) is 16.3 Å². The van der Waals surface area contributed by atoms with Crippen molar-refractivity contribution in [2.24, 2.45) is 7.05 Å². The highest BCUT2D eigenvalue weighted by Crippen LogP contribution is 2.25. The Labute approximate surface area is 150 Å². The molecule has 26 heavy (non-hydrogen) atoms. The molecule has 0 atom stereocenters. The Balaban J connectivity index is 1.81. The molecular weight excluding hydrogens is 357 g/mol. The number of carbonyl (C=O) groups excluding carboxylic acids is 1. The zero-order valence-corrected chi connectivity index (χ0v) is 14.3. The monoisotopic (exact) mass is 369 g/mol. The summed E-state index contributed by atoms with van der Waals surface area (Å²) in [4.78, 5) is 31.9. The van der Waals surface area contributed by atoms with E-state index in [4.69, 9.17) is 0 Å². The minimum atomic E-state index is -0.615. The van der Waals surface area contributed by atoms with Crippen LogP contribution in [0.3, 0.4) is 0 Å². The molecule has 0 saturated carbocycles. The molecule has 0 aliphatic carbocycles. The van der Waals surface area contributed by atoms with E-state index in [0.29, 0.717) is 21.7 Å². The van der Waals surface area contributed by atoms with Gasteiger partial charge in [0, 0.05) is 18.8 Å². The van der Waals surface area contributed by atoms with Gasteiger partial charge in [0.15, 0.2) is 11.6 Å². The molecule has 3 heterocycles. The molecule has 0 radical (unpaired) electrons. The SMILES string of the molecule is Cn1cc(C(=O)c2cc(F)ccc2O)cc1-c1nc2ccsc2c(=O)[nH]1. The van der Waals surface area contributed by atoms with Crippen LogP contribution < -0.4 is 5.56 Å². The maximum absolute atomic E-state index is 13.4. The number of aromatic nitrogens is 3. The maximum Gasteiger partial charge on any atom is 0.269 e. The summed E-state index contributed by atoms with van der Waals surface area (Å²) in [6.07, 6.45) is 1.54. The molecule has 0 fully saturated rings. The third-order valence-electron chi connectivity index (χ3n) is 4.03. The third-order valence-corrected chi connectivity index (χ3v) is 4.93. The van der Waals surface area contributed by atoms with Gasteiger partial charge in [-0.25, -0.2) is 9.37 Å². The standard InChI is InChI=1S/C18H12FN3O3S/c1-22-8-9(15(24)11-7-10(19)2-3-14(11)23)6-13(22)17-20-12-4-5-26-16(12)18(25)21-17/h2-8,23H,1H3,(H,20,21,25). The van der Waals surface area contributed by atoms with E-state index < -0.39 is 11.6 Å². The second-order valence-corrected chi connectivity index (χ2v) is 6.68. The Kier molecular flexibility index (Phi) is 3.69. The van der Waals surface area contributed by atoms with Gasteiger partial charge in [0.05, 0.1) is 16.8 Å². The number of aryl methyl sites for hydroxylation is 1. The highest BCUT2D eigenvalue weighted by molar-refractivity contribution is 7.17. The summed E-state index contributed by atoms with van der Waals surface area (Å²) in [7, 11) is 1.70. The third kappa shape index (κ3) is 2.60. The van der Waals surface area contributed by atoms with E-state index in [0.717, 1.165) is 18.2 Å². The largest absolute Gasteiger partial charge is 0.507 e. The van der Waals surface area contributed by atoms with Crippen molar-refractivity contribution in [3.63, 3.8) is 0 Å². The molecule has 0 aliphatic heterocycles. The number of halogens is 1. The molecule has 0 aliphatic rings. The summed E-state index contributed by atoms with van der Waals surface area (Å²) in [6, 6.07) is 6.49. The molecular formula is C18H12FN3O3S. The fraction of sp³-hybridized carbons (Fsp3) is 0.0556. The topological polar surface area (TPSA) is 88.0 Å². The fourth-order valence-corrected chi connectivity index (χ4v) is 3.49. The van der Waals surface area contributed by atoms with Crippen molar-refractivity contribution < 1.29 is 14.3 Å². The smallest absolute Gasteiger partial charge is 0.269 e. The maximum atomic E-state index is 13.4. The normalized spacial score (nSPS) is 11.2. The van der Waals surface area contributed by atoms with E-state index in [-0.39, 0.29) is 22.4 Å². The number of hydrogen-bond donors (Lipinski definition) is 2. The van der Waals surface area contributed by atoms with Crippen LogP contribution in [0.4, 0.5) is 4.39 Å². The zero-order chi connectivity index (χ0) is 18.4. The fourth-order valence-electron chi connectivity index (χ4n) is 2.76. The minimum Gasteiger partial charge on any atom is -0.507 e. The van der Waals surface area contributed by atoms with Crippen LogP contribution in [0.2, 0.25) is 0 Å². The van der Waals surface area contributed by atoms with Gasteiger partial charge in [-0.15, -0.1) is 11.3 Å². The van der Waals surface area contributed by atoms with Crippen LogP contribution >= 0.6 is 11.3 Å². The van der Waals surface area contributed by atoms with E-state index in [1.165, 1.54) is 11.3 Å². The van der Waals surface area contributed by atoms with Gasteiger partial charge < -0.3 is 14.7 Å². The molecule has 2 N–H and O–H groups in total. The molecule has 6 nitrogen and oxygen atoms in total. The summed E-state index contributed by atoms with van der Waals surface area (Å²) in [5.74, 6) is -1.11. The molecule has 8 heteroatoms. The van der Waals surface area contributed by atoms with Gasteiger partial charge >= 0.3 is 0 Å². The van der Waals surface area contributed by atoms with Gasteiger partial charge in [-0.1, -0.05) is 0 Å². The van der Waals surface area contributed by atoms with Gasteiger partial charge in [0.2, 0.25) is 0 Å². The lowest BCUT2D eigenvalue weighted by atomic mass is 10.0. The molecule has 1 aromatic carbocycles. The summed E-state index contributed by atoms with van der Waals surface area (Å²) in [5.41, 5.74) is 0.963. The van der Waals surface area contributed by atoms with Crippen molar-refractivity contribution in [3.8, 4) is 17.3 Å². The van der Waals surface area contributed by atoms with Crippen molar-refractivity contribution in [3.05, 3.63) is 69.2 Å². The van der Waals surface area contributed by atoms with E-state index in [2.05, 4.69) is 9.97 Å². The molecule has 4 aromatic rings. The first kappa shape index (κ1) is 16.2. The molecule has 0 amide bonds. The number of fused-ring (bicyclic) bond motifs is 1. The van der Waals surface area contributed by atoms with Crippen LogP contribution in [0.5, 0.6) is 5.75 Å². The number of nitrogens with one attached hydrogen (secondary N) is 1. The number of benzene rings is 1. The first-order valence-electron chi connectivity index (χ1n) is 7.61. The minimum absolute atomic E-state index is 0.128. The van der Waals surface area contributed by atoms with E-state index in [1.54, 1.807) is 35.3 Å². The molecule has 0 spiro atoms. The average Bonchev–Trinajstić information content (AvgIpc) is 3.23. The molecule has 0 unspecified atom stereocenters. The number of phenols is 1. The number of aromatic amines is 1. The Morgan fingerprint density at radius 3 is 2.92 bits per heavy atom. The van der Waals surface area contributed by atoms with Crippen LogP contribution in [0.1, 0.15) is 15.9 Å². The number of ketones is 1. The molecule has 130 valence electrons. The van der Waals surface area contributed by atoms with Crippen LogP contribution in [-0.4, -0.2) is 25.4 Å². The summed E-state index contributed by atoms with van der Waals surface area (Å²) in [5, 5.41) is 11.6. The summed E-state index contributed by atoms with van der Waals surface area (Å²) >= 11 is 1.30. The van der Waals surface area contributed by atoms with Crippen molar-refractivity contribution >= 4 is 27.3 Å². The number of rotatable bonds is 3. The lowest BCUT2D eigenvalue weighted by molar-refractivity contribution is 0.103. The van der Waals surface area contributed by atoms with Crippen LogP contribution in [-0.2, 0) is 7.05 Å². The number of H-pyrrole nitrogens is 1. The zero-order valence-electron chi connectivity index (χ0n) is 13.5. The second kappa shape index (κ2) is 5.92. The Bertz CT molecular complexity index is 1220. The number of carbonyl (C=O) groups is 1. The highest BCUT2D eigenvalue weighted by Gasteiger charge is 2.19. The van der Waals surface area contributed by atoms with Gasteiger partial charge in [0.25, 0.3) is 5.56 Å². The average molecular weight is 369 g/mol. The number of aromatic hydroxyl groups is 1. The Hall–Kier alpha value is -3.26. The van der Waals surface area contributed by atoms with Crippen LogP contribution in [0, 0.1) is 5.82 Å². The molecule has 4 rings (SSSR count). The van der Waals surface area contributed by atoms with E-state index >= 15 is 0 Å². The van der Waals surface area contributed by atoms with Crippen molar-refractivity contribution in [1.29, 1.82) is 0 Å². The molecule has 0 bridgehead atoms. The van der Waals surface area contributed by atoms with Crippen molar-refractivity contribution in [2.45, 2.75) is 0 Å². The second-order valence-electron chi connectivity index (χ2n) is 5.77. The number of hydrogen-bond acceptors (Lipinski definition) is 5. The van der Waals surface area contributed by atoms with Crippen LogP contribution in [0.15, 0.2) is 46.7 Å².